The van der Waals surface area contributed by atoms with E-state index in [1.165, 1.54) is 11.3 Å². The number of amides is 2. The average Bonchev–Trinajstić information content (AvgIpc) is 3.17. The minimum atomic E-state index is -0.111. The van der Waals surface area contributed by atoms with Crippen LogP contribution in [0.15, 0.2) is 29.6 Å². The highest BCUT2D eigenvalue weighted by atomic mass is 35.5. The number of benzene rings is 1. The molecule has 0 radical (unpaired) electrons. The van der Waals surface area contributed by atoms with E-state index in [2.05, 4.69) is 21.5 Å². The topological polar surface area (TPSA) is 77.6 Å². The number of thiazole rings is 1. The second kappa shape index (κ2) is 9.55. The number of para-hydroxylation sites is 1. The van der Waals surface area contributed by atoms with Crippen LogP contribution in [0.2, 0.25) is 5.02 Å². The van der Waals surface area contributed by atoms with E-state index in [1.54, 1.807) is 16.3 Å². The van der Waals surface area contributed by atoms with Crippen LogP contribution in [0.25, 0.3) is 0 Å². The second-order valence-electron chi connectivity index (χ2n) is 6.19. The standard InChI is InChI=1S/C19H20ClN5O2S/c1-2-7-21-17(26)12-24-8-10-25(11-9-24)18(27)16-13-28-19(23-16)22-15-6-4-3-5-14(15)20/h1,3-6,13H,7-12H2,(H,21,26)(H,22,23). The quantitative estimate of drug-likeness (QED) is 0.703. The number of aromatic nitrogens is 1. The van der Waals surface area contributed by atoms with Crippen molar-refractivity contribution in [2.24, 2.45) is 0 Å². The first-order valence-electron chi connectivity index (χ1n) is 8.75. The van der Waals surface area contributed by atoms with Gasteiger partial charge in [0.15, 0.2) is 5.13 Å². The van der Waals surface area contributed by atoms with Crippen molar-refractivity contribution < 1.29 is 9.59 Å². The number of anilines is 2. The number of hydrogen-bond acceptors (Lipinski definition) is 6. The maximum absolute atomic E-state index is 12.7. The number of nitrogens with one attached hydrogen (secondary N) is 2. The summed E-state index contributed by atoms with van der Waals surface area (Å²) >= 11 is 7.49. The number of piperazine rings is 1. The van der Waals surface area contributed by atoms with Crippen LogP contribution >= 0.6 is 22.9 Å². The molecule has 9 heteroatoms. The summed E-state index contributed by atoms with van der Waals surface area (Å²) < 4.78 is 0. The lowest BCUT2D eigenvalue weighted by molar-refractivity contribution is -0.122. The van der Waals surface area contributed by atoms with Gasteiger partial charge < -0.3 is 15.5 Å². The number of rotatable bonds is 6. The van der Waals surface area contributed by atoms with Crippen molar-refractivity contribution in [1.82, 2.24) is 20.1 Å². The van der Waals surface area contributed by atoms with Crippen LogP contribution in [0.3, 0.4) is 0 Å². The summed E-state index contributed by atoms with van der Waals surface area (Å²) in [5, 5.41) is 8.72. The van der Waals surface area contributed by atoms with E-state index in [0.717, 1.165) is 5.69 Å². The Bertz CT molecular complexity index is 886. The molecule has 0 bridgehead atoms. The first kappa shape index (κ1) is 20.1. The van der Waals surface area contributed by atoms with E-state index in [9.17, 15) is 9.59 Å². The lowest BCUT2D eigenvalue weighted by Crippen LogP contribution is -2.51. The van der Waals surface area contributed by atoms with Gasteiger partial charge in [0, 0.05) is 31.6 Å². The van der Waals surface area contributed by atoms with Gasteiger partial charge in [-0.15, -0.1) is 17.8 Å². The molecule has 0 aliphatic carbocycles. The first-order chi connectivity index (χ1) is 13.6. The SMILES string of the molecule is C#CCNC(=O)CN1CCN(C(=O)c2csc(Nc3ccccc3Cl)n2)CC1. The minimum absolute atomic E-state index is 0.104. The normalized spacial score (nSPS) is 14.4. The van der Waals surface area contributed by atoms with Gasteiger partial charge in [-0.25, -0.2) is 4.98 Å². The van der Waals surface area contributed by atoms with Crippen LogP contribution in [0, 0.1) is 12.3 Å². The number of halogens is 1. The Morgan fingerprint density at radius 1 is 1.25 bits per heavy atom. The summed E-state index contributed by atoms with van der Waals surface area (Å²) in [5.41, 5.74) is 1.15. The lowest BCUT2D eigenvalue weighted by atomic mass is 10.3. The molecule has 1 aromatic carbocycles. The molecule has 1 aromatic heterocycles. The molecule has 28 heavy (non-hydrogen) atoms. The molecule has 0 saturated carbocycles. The fourth-order valence-electron chi connectivity index (χ4n) is 2.79. The molecular formula is C19H20ClN5O2S. The van der Waals surface area contributed by atoms with Crippen molar-refractivity contribution in [3.05, 3.63) is 40.4 Å². The van der Waals surface area contributed by atoms with Crippen LogP contribution in [0.5, 0.6) is 0 Å². The summed E-state index contributed by atoms with van der Waals surface area (Å²) in [6, 6.07) is 7.36. The molecule has 1 aliphatic rings. The van der Waals surface area contributed by atoms with E-state index in [0.29, 0.717) is 42.0 Å². The number of terminal acetylenes is 1. The third-order valence-electron chi connectivity index (χ3n) is 4.25. The molecule has 3 rings (SSSR count). The Kier molecular flexibility index (Phi) is 6.87. The highest BCUT2D eigenvalue weighted by Crippen LogP contribution is 2.27. The predicted octanol–water partition coefficient (Wildman–Crippen LogP) is 2.05. The van der Waals surface area contributed by atoms with Crippen LogP contribution in [0.4, 0.5) is 10.8 Å². The Labute approximate surface area is 172 Å². The van der Waals surface area contributed by atoms with Crippen molar-refractivity contribution in [3.63, 3.8) is 0 Å². The number of nitrogens with zero attached hydrogens (tertiary/aromatic N) is 3. The molecule has 2 heterocycles. The lowest BCUT2D eigenvalue weighted by Gasteiger charge is -2.33. The molecule has 146 valence electrons. The molecular weight excluding hydrogens is 398 g/mol. The van der Waals surface area contributed by atoms with Crippen molar-refractivity contribution in [2.45, 2.75) is 0 Å². The van der Waals surface area contributed by atoms with E-state index >= 15 is 0 Å². The summed E-state index contributed by atoms with van der Waals surface area (Å²) in [6.45, 7) is 2.87. The number of carbonyl (C=O) groups excluding carboxylic acids is 2. The molecule has 7 nitrogen and oxygen atoms in total. The van der Waals surface area contributed by atoms with E-state index in [-0.39, 0.29) is 24.9 Å². The third kappa shape index (κ3) is 5.23. The minimum Gasteiger partial charge on any atom is -0.344 e. The van der Waals surface area contributed by atoms with Crippen LogP contribution < -0.4 is 10.6 Å². The monoisotopic (exact) mass is 417 g/mol. The van der Waals surface area contributed by atoms with Crippen LogP contribution in [-0.2, 0) is 4.79 Å². The highest BCUT2D eigenvalue weighted by Gasteiger charge is 2.24. The van der Waals surface area contributed by atoms with E-state index < -0.39 is 0 Å². The first-order valence-corrected chi connectivity index (χ1v) is 10.0. The maximum atomic E-state index is 12.7. The summed E-state index contributed by atoms with van der Waals surface area (Å²) in [7, 11) is 0. The highest BCUT2D eigenvalue weighted by molar-refractivity contribution is 7.14. The molecule has 1 aliphatic heterocycles. The van der Waals surface area contributed by atoms with Gasteiger partial charge in [-0.3, -0.25) is 14.5 Å². The van der Waals surface area contributed by atoms with Gasteiger partial charge in [0.2, 0.25) is 5.91 Å². The Hall–Kier alpha value is -2.60. The molecule has 0 unspecified atom stereocenters. The van der Waals surface area contributed by atoms with Gasteiger partial charge >= 0.3 is 0 Å². The Balaban J connectivity index is 1.52. The summed E-state index contributed by atoms with van der Waals surface area (Å²) in [5.74, 6) is 2.16. The zero-order valence-corrected chi connectivity index (χ0v) is 16.7. The zero-order chi connectivity index (χ0) is 19.9. The number of hydrogen-bond donors (Lipinski definition) is 2. The third-order valence-corrected chi connectivity index (χ3v) is 5.34. The molecule has 2 N–H and O–H groups in total. The van der Waals surface area contributed by atoms with Gasteiger partial charge in [-0.1, -0.05) is 29.7 Å². The van der Waals surface area contributed by atoms with Gasteiger partial charge in [-0.05, 0) is 12.1 Å². The van der Waals surface area contributed by atoms with Crippen molar-refractivity contribution >= 4 is 45.6 Å². The Morgan fingerprint density at radius 2 is 2.00 bits per heavy atom. The van der Waals surface area contributed by atoms with Crippen molar-refractivity contribution in [1.29, 1.82) is 0 Å². The van der Waals surface area contributed by atoms with Gasteiger partial charge in [-0.2, -0.15) is 0 Å². The summed E-state index contributed by atoms with van der Waals surface area (Å²) in [6.07, 6.45) is 5.13. The van der Waals surface area contributed by atoms with E-state index in [4.69, 9.17) is 18.0 Å². The van der Waals surface area contributed by atoms with Gasteiger partial charge in [0.05, 0.1) is 23.8 Å². The van der Waals surface area contributed by atoms with Gasteiger partial charge in [0.25, 0.3) is 5.91 Å². The molecule has 0 spiro atoms. The fourth-order valence-corrected chi connectivity index (χ4v) is 3.67. The largest absolute Gasteiger partial charge is 0.344 e. The number of carbonyl (C=O) groups is 2. The zero-order valence-electron chi connectivity index (χ0n) is 15.2. The molecule has 2 aromatic rings. The Morgan fingerprint density at radius 3 is 2.71 bits per heavy atom. The van der Waals surface area contributed by atoms with Crippen LogP contribution in [-0.4, -0.2) is 65.9 Å². The average molecular weight is 418 g/mol. The molecule has 1 saturated heterocycles. The predicted molar refractivity (Wildman–Crippen MR) is 111 cm³/mol. The van der Waals surface area contributed by atoms with E-state index in [1.807, 2.05) is 23.1 Å². The second-order valence-corrected chi connectivity index (χ2v) is 7.46. The van der Waals surface area contributed by atoms with Crippen molar-refractivity contribution in [3.8, 4) is 12.3 Å². The molecule has 0 atom stereocenters. The van der Waals surface area contributed by atoms with Crippen molar-refractivity contribution in [2.75, 3.05) is 44.6 Å². The molecule has 2 amide bonds. The van der Waals surface area contributed by atoms with Crippen LogP contribution in [0.1, 0.15) is 10.5 Å². The summed E-state index contributed by atoms with van der Waals surface area (Å²) in [4.78, 5) is 32.6. The molecule has 1 fully saturated rings. The maximum Gasteiger partial charge on any atom is 0.273 e. The smallest absolute Gasteiger partial charge is 0.273 e. The fraction of sp³-hybridized carbons (Fsp3) is 0.316. The van der Waals surface area contributed by atoms with Gasteiger partial charge in [0.1, 0.15) is 5.69 Å².